The maximum atomic E-state index is 12.2. The number of rotatable bonds is 4. The zero-order chi connectivity index (χ0) is 16.3. The molecule has 0 saturated carbocycles. The molecule has 2 atom stereocenters. The Bertz CT molecular complexity index is 543. The predicted octanol–water partition coefficient (Wildman–Crippen LogP) is 1.26. The fourth-order valence-electron chi connectivity index (χ4n) is 2.42. The number of aromatic amines is 1. The van der Waals surface area contributed by atoms with Gasteiger partial charge in [0.1, 0.15) is 0 Å². The summed E-state index contributed by atoms with van der Waals surface area (Å²) in [6, 6.07) is -0.271. The highest BCUT2D eigenvalue weighted by atomic mass is 35.5. The summed E-state index contributed by atoms with van der Waals surface area (Å²) >= 11 is 5.83. The van der Waals surface area contributed by atoms with Gasteiger partial charge in [0.2, 0.25) is 0 Å². The Kier molecular flexibility index (Phi) is 5.25. The van der Waals surface area contributed by atoms with Crippen LogP contribution >= 0.6 is 11.6 Å². The molecule has 1 saturated heterocycles. The number of carbonyl (C=O) groups excluding carboxylic acids is 1. The molecule has 0 aromatic carbocycles. The molecule has 1 aromatic rings. The number of H-pyrrole nitrogens is 1. The minimum Gasteiger partial charge on any atom is -0.465 e. The molecule has 8 nitrogen and oxygen atoms in total. The van der Waals surface area contributed by atoms with Gasteiger partial charge in [0, 0.05) is 13.2 Å². The quantitative estimate of drug-likeness (QED) is 0.770. The number of nitrogens with zero attached hydrogens (tertiary/aromatic N) is 2. The number of imidazole rings is 1. The van der Waals surface area contributed by atoms with Crippen LogP contribution in [0.3, 0.4) is 0 Å². The van der Waals surface area contributed by atoms with Crippen LogP contribution in [0, 0.1) is 6.92 Å². The maximum Gasteiger partial charge on any atom is 0.407 e. The lowest BCUT2D eigenvalue weighted by Gasteiger charge is -2.37. The summed E-state index contributed by atoms with van der Waals surface area (Å²) < 4.78 is 5.57. The summed E-state index contributed by atoms with van der Waals surface area (Å²) in [4.78, 5) is 31.3. The van der Waals surface area contributed by atoms with Gasteiger partial charge in [-0.2, -0.15) is 0 Å². The third kappa shape index (κ3) is 3.69. The summed E-state index contributed by atoms with van der Waals surface area (Å²) in [7, 11) is 0. The van der Waals surface area contributed by atoms with Crippen LogP contribution in [0.15, 0.2) is 0 Å². The van der Waals surface area contributed by atoms with Crippen LogP contribution in [0.4, 0.5) is 4.79 Å². The second-order valence-electron chi connectivity index (χ2n) is 5.09. The Balaban J connectivity index is 2.03. The van der Waals surface area contributed by atoms with Crippen LogP contribution in [0.1, 0.15) is 29.7 Å². The molecule has 1 aromatic heterocycles. The molecule has 1 aliphatic rings. The van der Waals surface area contributed by atoms with Gasteiger partial charge >= 0.3 is 6.09 Å². The summed E-state index contributed by atoms with van der Waals surface area (Å²) in [5, 5.41) is 12.1. The zero-order valence-electron chi connectivity index (χ0n) is 12.4. The van der Waals surface area contributed by atoms with Crippen molar-refractivity contribution in [3.05, 3.63) is 16.7 Å². The molecule has 2 heterocycles. The van der Waals surface area contributed by atoms with Gasteiger partial charge in [-0.15, -0.1) is 0 Å². The molecule has 122 valence electrons. The van der Waals surface area contributed by atoms with Crippen molar-refractivity contribution in [1.82, 2.24) is 20.2 Å². The number of aromatic nitrogens is 2. The van der Waals surface area contributed by atoms with Crippen molar-refractivity contribution in [2.75, 3.05) is 19.7 Å². The molecule has 0 bridgehead atoms. The van der Waals surface area contributed by atoms with Crippen LogP contribution < -0.4 is 5.32 Å². The number of hydrogen-bond donors (Lipinski definition) is 3. The van der Waals surface area contributed by atoms with Crippen LogP contribution in [0.2, 0.25) is 5.15 Å². The second kappa shape index (κ2) is 6.97. The molecule has 2 rings (SSSR count). The highest BCUT2D eigenvalue weighted by Gasteiger charge is 2.33. The van der Waals surface area contributed by atoms with Crippen LogP contribution in [0.25, 0.3) is 0 Å². The molecule has 22 heavy (non-hydrogen) atoms. The van der Waals surface area contributed by atoms with E-state index in [2.05, 4.69) is 15.3 Å². The highest BCUT2D eigenvalue weighted by molar-refractivity contribution is 6.30. The van der Waals surface area contributed by atoms with E-state index in [1.807, 2.05) is 6.92 Å². The first-order valence-electron chi connectivity index (χ1n) is 7.04. The Morgan fingerprint density at radius 2 is 2.32 bits per heavy atom. The lowest BCUT2D eigenvalue weighted by atomic mass is 10.0. The van der Waals surface area contributed by atoms with E-state index >= 15 is 0 Å². The van der Waals surface area contributed by atoms with Crippen molar-refractivity contribution in [2.45, 2.75) is 32.4 Å². The van der Waals surface area contributed by atoms with E-state index in [-0.39, 0.29) is 35.6 Å². The van der Waals surface area contributed by atoms with Crippen LogP contribution in [0.5, 0.6) is 0 Å². The average Bonchev–Trinajstić information content (AvgIpc) is 2.80. The summed E-state index contributed by atoms with van der Waals surface area (Å²) in [6.45, 7) is 4.57. The molecule has 0 aliphatic carbocycles. The zero-order valence-corrected chi connectivity index (χ0v) is 13.2. The monoisotopic (exact) mass is 330 g/mol. The van der Waals surface area contributed by atoms with E-state index in [0.29, 0.717) is 25.3 Å². The standard InChI is InChI=1S/C13H19ClN4O4/c1-3-22-9-6-18(13(20)21)5-4-8(9)16-12(19)11-15-7(2)10(14)17-11/h8-9H,3-6H2,1-2H3,(H,15,17)(H,16,19)(H,20,21). The Morgan fingerprint density at radius 3 is 2.86 bits per heavy atom. The number of aryl methyl sites for hydroxylation is 1. The first-order valence-corrected chi connectivity index (χ1v) is 7.42. The Hall–Kier alpha value is -1.80. The van der Waals surface area contributed by atoms with Crippen molar-refractivity contribution in [3.63, 3.8) is 0 Å². The van der Waals surface area contributed by atoms with Gasteiger partial charge in [0.25, 0.3) is 5.91 Å². The van der Waals surface area contributed by atoms with Gasteiger partial charge in [-0.1, -0.05) is 11.6 Å². The Labute approximate surface area is 132 Å². The molecule has 3 N–H and O–H groups in total. The summed E-state index contributed by atoms with van der Waals surface area (Å²) in [5.41, 5.74) is 0.619. The van der Waals surface area contributed by atoms with Crippen molar-refractivity contribution < 1.29 is 19.4 Å². The van der Waals surface area contributed by atoms with Gasteiger partial charge in [-0.25, -0.2) is 9.78 Å². The fraction of sp³-hybridized carbons (Fsp3) is 0.615. The fourth-order valence-corrected chi connectivity index (χ4v) is 2.55. The van der Waals surface area contributed by atoms with Crippen molar-refractivity contribution >= 4 is 23.6 Å². The van der Waals surface area contributed by atoms with Gasteiger partial charge in [-0.3, -0.25) is 4.79 Å². The normalized spacial score (nSPS) is 21.7. The SMILES string of the molecule is CCOC1CN(C(=O)O)CCC1NC(=O)c1nc(Cl)c(C)[nH]1. The number of likely N-dealkylation sites (tertiary alicyclic amines) is 1. The molecule has 2 unspecified atom stereocenters. The van der Waals surface area contributed by atoms with E-state index < -0.39 is 6.09 Å². The van der Waals surface area contributed by atoms with E-state index in [1.165, 1.54) is 4.90 Å². The third-order valence-electron chi connectivity index (χ3n) is 3.57. The predicted molar refractivity (Wildman–Crippen MR) is 79.2 cm³/mol. The molecule has 1 fully saturated rings. The van der Waals surface area contributed by atoms with E-state index in [1.54, 1.807) is 6.92 Å². The highest BCUT2D eigenvalue weighted by Crippen LogP contribution is 2.16. The Morgan fingerprint density at radius 1 is 1.59 bits per heavy atom. The molecule has 0 radical (unpaired) electrons. The molecule has 9 heteroatoms. The van der Waals surface area contributed by atoms with Crippen molar-refractivity contribution in [1.29, 1.82) is 0 Å². The van der Waals surface area contributed by atoms with Gasteiger partial charge in [0.05, 0.1) is 24.4 Å². The van der Waals surface area contributed by atoms with E-state index in [9.17, 15) is 9.59 Å². The number of ether oxygens (including phenoxy) is 1. The van der Waals surface area contributed by atoms with Crippen molar-refractivity contribution in [3.8, 4) is 0 Å². The topological polar surface area (TPSA) is 108 Å². The molecule has 0 spiro atoms. The largest absolute Gasteiger partial charge is 0.465 e. The van der Waals surface area contributed by atoms with E-state index in [4.69, 9.17) is 21.4 Å². The number of carboxylic acid groups (broad SMARTS) is 1. The first kappa shape index (κ1) is 16.6. The maximum absolute atomic E-state index is 12.2. The van der Waals surface area contributed by atoms with Gasteiger partial charge < -0.3 is 25.0 Å². The second-order valence-corrected chi connectivity index (χ2v) is 5.45. The average molecular weight is 331 g/mol. The van der Waals surface area contributed by atoms with Crippen LogP contribution in [-0.2, 0) is 4.74 Å². The molecule has 2 amide bonds. The lowest BCUT2D eigenvalue weighted by Crippen LogP contribution is -2.56. The van der Waals surface area contributed by atoms with Crippen molar-refractivity contribution in [2.24, 2.45) is 0 Å². The summed E-state index contributed by atoms with van der Waals surface area (Å²) in [5.74, 6) is -0.244. The number of amides is 2. The molecule has 1 aliphatic heterocycles. The minimum absolute atomic E-state index is 0.137. The molecular weight excluding hydrogens is 312 g/mol. The third-order valence-corrected chi connectivity index (χ3v) is 3.94. The smallest absolute Gasteiger partial charge is 0.407 e. The van der Waals surface area contributed by atoms with Gasteiger partial charge in [-0.05, 0) is 20.3 Å². The number of hydrogen-bond acceptors (Lipinski definition) is 4. The number of halogens is 1. The van der Waals surface area contributed by atoms with Crippen LogP contribution in [-0.4, -0.2) is 63.8 Å². The number of piperidine rings is 1. The van der Waals surface area contributed by atoms with Gasteiger partial charge in [0.15, 0.2) is 11.0 Å². The first-order chi connectivity index (χ1) is 10.4. The summed E-state index contributed by atoms with van der Waals surface area (Å²) in [6.07, 6.45) is -0.885. The number of nitrogens with one attached hydrogen (secondary N) is 2. The van der Waals surface area contributed by atoms with E-state index in [0.717, 1.165) is 0 Å². The minimum atomic E-state index is -0.983. The number of carbonyl (C=O) groups is 2. The molecular formula is C13H19ClN4O4. The lowest BCUT2D eigenvalue weighted by molar-refractivity contribution is -0.0112.